The molecule has 0 aliphatic carbocycles. The van der Waals surface area contributed by atoms with Crippen molar-refractivity contribution in [1.29, 1.82) is 5.26 Å². The molecule has 1 aliphatic rings. The molecule has 0 bridgehead atoms. The molecule has 3 nitrogen and oxygen atoms in total. The van der Waals surface area contributed by atoms with E-state index in [9.17, 15) is 9.65 Å². The van der Waals surface area contributed by atoms with Crippen molar-refractivity contribution >= 4 is 5.69 Å². The molecule has 0 unspecified atom stereocenters. The summed E-state index contributed by atoms with van der Waals surface area (Å²) in [6.07, 6.45) is 0. The zero-order valence-corrected chi connectivity index (χ0v) is 15.8. The Morgan fingerprint density at radius 3 is 2.23 bits per heavy atom. The molecule has 0 amide bonds. The van der Waals surface area contributed by atoms with E-state index in [0.29, 0.717) is 12.1 Å². The molecule has 1 saturated heterocycles. The van der Waals surface area contributed by atoms with Crippen molar-refractivity contribution in [3.05, 3.63) is 65.0 Å². The molecule has 1 aliphatic heterocycles. The van der Waals surface area contributed by atoms with E-state index in [1.165, 1.54) is 23.4 Å². The Hall–Kier alpha value is -2.38. The van der Waals surface area contributed by atoms with Gasteiger partial charge < -0.3 is 4.90 Å². The first-order valence-corrected chi connectivity index (χ1v) is 9.13. The minimum atomic E-state index is -0.281. The zero-order chi connectivity index (χ0) is 18.7. The predicted octanol–water partition coefficient (Wildman–Crippen LogP) is 4.32. The molecule has 0 saturated carbocycles. The van der Waals surface area contributed by atoms with Crippen molar-refractivity contribution in [3.8, 4) is 6.07 Å². The lowest BCUT2D eigenvalue weighted by Gasteiger charge is -2.36. The fourth-order valence-corrected chi connectivity index (χ4v) is 3.38. The van der Waals surface area contributed by atoms with Crippen LogP contribution < -0.4 is 4.90 Å². The van der Waals surface area contributed by atoms with Gasteiger partial charge in [0, 0.05) is 38.4 Å². The first kappa shape index (κ1) is 18.4. The molecular weight excluding hydrogens is 325 g/mol. The zero-order valence-electron chi connectivity index (χ0n) is 15.8. The molecule has 0 atom stereocenters. The number of hydrogen-bond acceptors (Lipinski definition) is 3. The highest BCUT2D eigenvalue weighted by atomic mass is 19.1. The summed E-state index contributed by atoms with van der Waals surface area (Å²) in [6, 6.07) is 15.4. The van der Waals surface area contributed by atoms with E-state index in [0.717, 1.165) is 31.7 Å². The van der Waals surface area contributed by atoms with Gasteiger partial charge in [-0.05, 0) is 46.9 Å². The van der Waals surface area contributed by atoms with Crippen LogP contribution >= 0.6 is 0 Å². The highest BCUT2D eigenvalue weighted by Crippen LogP contribution is 2.25. The third kappa shape index (κ3) is 4.23. The quantitative estimate of drug-likeness (QED) is 0.825. The number of nitriles is 1. The first-order chi connectivity index (χ1) is 12.4. The van der Waals surface area contributed by atoms with Gasteiger partial charge in [0.1, 0.15) is 5.82 Å². The van der Waals surface area contributed by atoms with Crippen molar-refractivity contribution in [2.75, 3.05) is 31.1 Å². The van der Waals surface area contributed by atoms with Gasteiger partial charge in [-0.25, -0.2) is 4.39 Å². The van der Waals surface area contributed by atoms with Crippen LogP contribution in [0.1, 0.15) is 37.5 Å². The molecule has 0 aromatic heterocycles. The van der Waals surface area contributed by atoms with Crippen LogP contribution in [0, 0.1) is 17.1 Å². The molecule has 0 spiro atoms. The maximum atomic E-state index is 13.5. The maximum absolute atomic E-state index is 13.5. The van der Waals surface area contributed by atoms with E-state index in [-0.39, 0.29) is 11.2 Å². The second-order valence-corrected chi connectivity index (χ2v) is 7.97. The summed E-state index contributed by atoms with van der Waals surface area (Å²) < 4.78 is 13.5. The SMILES string of the molecule is CC(C)(C)c1ccc(N2CCN(Cc3cc(F)ccc3C#N)CC2)cc1. The lowest BCUT2D eigenvalue weighted by molar-refractivity contribution is 0.249. The van der Waals surface area contributed by atoms with Crippen LogP contribution in [0.4, 0.5) is 10.1 Å². The molecule has 1 heterocycles. The molecule has 26 heavy (non-hydrogen) atoms. The van der Waals surface area contributed by atoms with Crippen molar-refractivity contribution in [1.82, 2.24) is 4.90 Å². The third-order valence-corrected chi connectivity index (χ3v) is 5.05. The van der Waals surface area contributed by atoms with Gasteiger partial charge in [0.25, 0.3) is 0 Å². The number of nitrogens with zero attached hydrogens (tertiary/aromatic N) is 3. The number of anilines is 1. The molecule has 3 rings (SSSR count). The molecular formula is C22H26FN3. The Morgan fingerprint density at radius 1 is 1.00 bits per heavy atom. The van der Waals surface area contributed by atoms with Gasteiger partial charge in [-0.1, -0.05) is 32.9 Å². The van der Waals surface area contributed by atoms with Crippen LogP contribution in [0.5, 0.6) is 0 Å². The Morgan fingerprint density at radius 2 is 1.65 bits per heavy atom. The van der Waals surface area contributed by atoms with Gasteiger partial charge in [0.15, 0.2) is 0 Å². The minimum absolute atomic E-state index is 0.167. The minimum Gasteiger partial charge on any atom is -0.369 e. The lowest BCUT2D eigenvalue weighted by atomic mass is 9.87. The molecule has 0 N–H and O–H groups in total. The van der Waals surface area contributed by atoms with Crippen LogP contribution in [-0.2, 0) is 12.0 Å². The third-order valence-electron chi connectivity index (χ3n) is 5.05. The summed E-state index contributed by atoms with van der Waals surface area (Å²) in [7, 11) is 0. The standard InChI is InChI=1S/C22H26FN3/c1-22(2,3)19-5-8-21(9-6-19)26-12-10-25(11-13-26)16-18-14-20(23)7-4-17(18)15-24/h4-9,14H,10-13,16H2,1-3H3. The Bertz CT molecular complexity index is 792. The first-order valence-electron chi connectivity index (χ1n) is 9.13. The Kier molecular flexibility index (Phi) is 5.29. The Labute approximate surface area is 155 Å². The van der Waals surface area contributed by atoms with E-state index in [2.05, 4.69) is 60.9 Å². The van der Waals surface area contributed by atoms with Gasteiger partial charge in [-0.15, -0.1) is 0 Å². The second kappa shape index (κ2) is 7.47. The predicted molar refractivity (Wildman–Crippen MR) is 104 cm³/mol. The van der Waals surface area contributed by atoms with Crippen LogP contribution in [-0.4, -0.2) is 31.1 Å². The largest absolute Gasteiger partial charge is 0.369 e. The summed E-state index contributed by atoms with van der Waals surface area (Å²) in [5.74, 6) is -0.281. The monoisotopic (exact) mass is 351 g/mol. The lowest BCUT2D eigenvalue weighted by Crippen LogP contribution is -2.46. The highest BCUT2D eigenvalue weighted by Gasteiger charge is 2.19. The summed E-state index contributed by atoms with van der Waals surface area (Å²) >= 11 is 0. The number of halogens is 1. The van der Waals surface area contributed by atoms with Crippen LogP contribution in [0.15, 0.2) is 42.5 Å². The van der Waals surface area contributed by atoms with Crippen molar-refractivity contribution in [3.63, 3.8) is 0 Å². The fourth-order valence-electron chi connectivity index (χ4n) is 3.38. The number of benzene rings is 2. The van der Waals surface area contributed by atoms with Crippen molar-refractivity contribution in [2.24, 2.45) is 0 Å². The summed E-state index contributed by atoms with van der Waals surface area (Å²) in [5, 5.41) is 9.21. The van der Waals surface area contributed by atoms with Crippen LogP contribution in [0.25, 0.3) is 0 Å². The van der Waals surface area contributed by atoms with E-state index in [1.54, 1.807) is 6.07 Å². The second-order valence-electron chi connectivity index (χ2n) is 7.97. The topological polar surface area (TPSA) is 30.3 Å². The van der Waals surface area contributed by atoms with E-state index in [1.807, 2.05) is 0 Å². The van der Waals surface area contributed by atoms with Gasteiger partial charge in [-0.2, -0.15) is 5.26 Å². The molecule has 2 aromatic carbocycles. The van der Waals surface area contributed by atoms with Gasteiger partial charge in [-0.3, -0.25) is 4.90 Å². The van der Waals surface area contributed by atoms with E-state index in [4.69, 9.17) is 0 Å². The molecule has 136 valence electrons. The van der Waals surface area contributed by atoms with E-state index >= 15 is 0 Å². The number of rotatable bonds is 3. The fraction of sp³-hybridized carbons (Fsp3) is 0.409. The van der Waals surface area contributed by atoms with Crippen molar-refractivity contribution < 1.29 is 4.39 Å². The molecule has 2 aromatic rings. The van der Waals surface area contributed by atoms with Gasteiger partial charge >= 0.3 is 0 Å². The smallest absolute Gasteiger partial charge is 0.123 e. The average molecular weight is 351 g/mol. The normalized spacial score (nSPS) is 15.7. The summed E-state index contributed by atoms with van der Waals surface area (Å²) in [6.45, 7) is 11.0. The van der Waals surface area contributed by atoms with Gasteiger partial charge in [0.2, 0.25) is 0 Å². The maximum Gasteiger partial charge on any atom is 0.123 e. The summed E-state index contributed by atoms with van der Waals surface area (Å²) in [4.78, 5) is 4.68. The molecule has 4 heteroatoms. The van der Waals surface area contributed by atoms with Crippen LogP contribution in [0.3, 0.4) is 0 Å². The Balaban J connectivity index is 1.61. The van der Waals surface area contributed by atoms with Crippen LogP contribution in [0.2, 0.25) is 0 Å². The molecule has 1 fully saturated rings. The average Bonchev–Trinajstić information content (AvgIpc) is 2.62. The van der Waals surface area contributed by atoms with Crippen molar-refractivity contribution in [2.45, 2.75) is 32.7 Å². The summed E-state index contributed by atoms with van der Waals surface area (Å²) in [5.41, 5.74) is 4.10. The highest BCUT2D eigenvalue weighted by molar-refractivity contribution is 5.49. The van der Waals surface area contributed by atoms with Gasteiger partial charge in [0.05, 0.1) is 11.6 Å². The number of piperazine rings is 1. The molecule has 0 radical (unpaired) electrons. The number of hydrogen-bond donors (Lipinski definition) is 0. The van der Waals surface area contributed by atoms with E-state index < -0.39 is 0 Å².